The maximum atomic E-state index is 8.28. The fourth-order valence-corrected chi connectivity index (χ4v) is 0.831. The first kappa shape index (κ1) is 3.12. The van der Waals surface area contributed by atoms with Crippen molar-refractivity contribution in [3.63, 3.8) is 0 Å². The summed E-state index contributed by atoms with van der Waals surface area (Å²) in [5, 5.41) is 0. The highest BCUT2D eigenvalue weighted by molar-refractivity contribution is 5.15. The van der Waals surface area contributed by atoms with Gasteiger partial charge in [-0.25, -0.2) is 0 Å². The van der Waals surface area contributed by atoms with E-state index < -0.39 is 61.7 Å². The van der Waals surface area contributed by atoms with Gasteiger partial charge in [-0.3, -0.25) is 4.90 Å². The van der Waals surface area contributed by atoms with E-state index in [2.05, 4.69) is 5.92 Å². The van der Waals surface area contributed by atoms with Gasteiger partial charge in [0.05, 0.1) is 13.4 Å². The van der Waals surface area contributed by atoms with E-state index >= 15 is 0 Å². The van der Waals surface area contributed by atoms with Crippen LogP contribution in [0.15, 0.2) is 30.2 Å². The summed E-state index contributed by atoms with van der Waals surface area (Å²) in [5.41, 5.74) is -0.612. The summed E-state index contributed by atoms with van der Waals surface area (Å²) >= 11 is 0. The van der Waals surface area contributed by atoms with Crippen LogP contribution in [0.25, 0.3) is 0 Å². The minimum atomic E-state index is -2.75. The fraction of sp³-hybridized carbons (Fsp3) is 0.385. The molecular weight excluding hydrogens is 170 g/mol. The molecule has 1 heteroatoms. The summed E-state index contributed by atoms with van der Waals surface area (Å²) in [6, 6.07) is -4.89. The number of hydrogen-bond acceptors (Lipinski definition) is 1. The Balaban J connectivity index is 3.56. The van der Waals surface area contributed by atoms with E-state index in [1.165, 1.54) is 6.92 Å². The standard InChI is InChI=1S/C13H17N/c1-4-10-14(3)12(2)11-13-8-6-5-7-9-13/h1,5-9,12H,10-11H2,2-3H3/t12-/m1/s1/i1D,3D3,5D,6D,7D,8D,9D,11D2. The molecule has 0 saturated heterocycles. The first-order valence-corrected chi connectivity index (χ1v) is 4.02. The monoisotopic (exact) mass is 198 g/mol. The lowest BCUT2D eigenvalue weighted by Gasteiger charge is -2.22. The molecule has 0 unspecified atom stereocenters. The Morgan fingerprint density at radius 3 is 3.14 bits per heavy atom. The number of nitrogens with zero attached hydrogens (tertiary/aromatic N) is 1. The number of hydrogen-bond donors (Lipinski definition) is 0. The van der Waals surface area contributed by atoms with Gasteiger partial charge in [0.2, 0.25) is 0 Å². The highest BCUT2D eigenvalue weighted by Crippen LogP contribution is 2.06. The maximum Gasteiger partial charge on any atom is 0.124 e. The summed E-state index contributed by atoms with van der Waals surface area (Å²) in [6.07, 6.45) is -0.786. The van der Waals surface area contributed by atoms with Gasteiger partial charge in [0.25, 0.3) is 0 Å². The lowest BCUT2D eigenvalue weighted by Crippen LogP contribution is -2.31. The van der Waals surface area contributed by atoms with Crippen molar-refractivity contribution < 1.29 is 15.1 Å². The van der Waals surface area contributed by atoms with E-state index in [1.54, 1.807) is 6.40 Å². The first-order valence-electron chi connectivity index (χ1n) is 9.52. The molecule has 1 nitrogen and oxygen atoms in total. The third-order valence-corrected chi connectivity index (χ3v) is 1.57. The van der Waals surface area contributed by atoms with E-state index in [4.69, 9.17) is 15.1 Å². The second-order valence-electron chi connectivity index (χ2n) is 2.62. The lowest BCUT2D eigenvalue weighted by molar-refractivity contribution is 0.287. The Morgan fingerprint density at radius 1 is 1.71 bits per heavy atom. The average Bonchev–Trinajstić information content (AvgIpc) is 2.49. The van der Waals surface area contributed by atoms with Gasteiger partial charge >= 0.3 is 0 Å². The van der Waals surface area contributed by atoms with E-state index in [-0.39, 0.29) is 0 Å². The van der Waals surface area contributed by atoms with Crippen LogP contribution in [-0.4, -0.2) is 24.5 Å². The van der Waals surface area contributed by atoms with Gasteiger partial charge in [0.1, 0.15) is 1.37 Å². The van der Waals surface area contributed by atoms with Crippen LogP contribution in [0.1, 0.15) is 27.6 Å². The summed E-state index contributed by atoms with van der Waals surface area (Å²) in [7, 11) is 0. The normalized spacial score (nSPS) is 25.1. The highest BCUT2D eigenvalue weighted by Gasteiger charge is 2.07. The van der Waals surface area contributed by atoms with Crippen molar-refractivity contribution in [2.75, 3.05) is 13.5 Å². The Labute approximate surface area is 102 Å². The summed E-state index contributed by atoms with van der Waals surface area (Å²) < 4.78 is 84.6. The Morgan fingerprint density at radius 2 is 2.50 bits per heavy atom. The van der Waals surface area contributed by atoms with Gasteiger partial charge in [0.15, 0.2) is 0 Å². The minimum absolute atomic E-state index is 0.431. The molecule has 0 saturated carbocycles. The van der Waals surface area contributed by atoms with Crippen molar-refractivity contribution in [2.24, 2.45) is 0 Å². The maximum absolute atomic E-state index is 8.28. The van der Waals surface area contributed by atoms with Gasteiger partial charge in [-0.1, -0.05) is 36.1 Å². The van der Waals surface area contributed by atoms with Crippen molar-refractivity contribution in [2.45, 2.75) is 19.3 Å². The molecule has 74 valence electrons. The van der Waals surface area contributed by atoms with Crippen LogP contribution in [0.2, 0.25) is 0 Å². The van der Waals surface area contributed by atoms with Crippen molar-refractivity contribution in [3.8, 4) is 12.3 Å². The molecule has 1 aromatic rings. The summed E-state index contributed by atoms with van der Waals surface area (Å²) in [4.78, 5) is 0.718. The molecule has 14 heavy (non-hydrogen) atoms. The minimum Gasteiger partial charge on any atom is -0.292 e. The number of terminal acetylenes is 1. The van der Waals surface area contributed by atoms with Gasteiger partial charge in [-0.2, -0.15) is 0 Å². The summed E-state index contributed by atoms with van der Waals surface area (Å²) in [6.45, 7) is -1.94. The second kappa shape index (κ2) is 5.47. The van der Waals surface area contributed by atoms with Crippen molar-refractivity contribution in [3.05, 3.63) is 35.8 Å². The molecule has 0 aliphatic heterocycles. The number of benzene rings is 1. The van der Waals surface area contributed by atoms with Gasteiger partial charge in [-0.05, 0) is 25.8 Å². The fourth-order valence-electron chi connectivity index (χ4n) is 0.831. The zero-order valence-electron chi connectivity index (χ0n) is 18.7. The molecule has 0 bridgehead atoms. The average molecular weight is 198 g/mol. The highest BCUT2D eigenvalue weighted by atomic mass is 15.1. The largest absolute Gasteiger partial charge is 0.292 e. The molecule has 0 N–H and O–H groups in total. The van der Waals surface area contributed by atoms with Crippen molar-refractivity contribution in [1.29, 1.82) is 0 Å². The van der Waals surface area contributed by atoms with E-state index in [0.29, 0.717) is 0 Å². The molecule has 0 spiro atoms. The molecule has 0 amide bonds. The van der Waals surface area contributed by atoms with Gasteiger partial charge in [0, 0.05) is 12.9 Å². The molecule has 0 fully saturated rings. The quantitative estimate of drug-likeness (QED) is 0.670. The topological polar surface area (TPSA) is 3.24 Å². The van der Waals surface area contributed by atoms with Crippen LogP contribution < -0.4 is 0 Å². The second-order valence-corrected chi connectivity index (χ2v) is 2.62. The molecule has 0 aromatic heterocycles. The third-order valence-electron chi connectivity index (χ3n) is 1.57. The zero-order valence-corrected chi connectivity index (χ0v) is 7.73. The molecule has 0 aliphatic carbocycles. The van der Waals surface area contributed by atoms with Gasteiger partial charge in [-0.15, -0.1) is 6.40 Å². The Bertz CT molecular complexity index is 684. The van der Waals surface area contributed by atoms with E-state index in [9.17, 15) is 0 Å². The predicted molar refractivity (Wildman–Crippen MR) is 61.1 cm³/mol. The number of rotatable bonds is 4. The van der Waals surface area contributed by atoms with Crippen LogP contribution >= 0.6 is 0 Å². The van der Waals surface area contributed by atoms with E-state index in [0.717, 1.165) is 4.90 Å². The van der Waals surface area contributed by atoms with Crippen molar-refractivity contribution in [1.82, 2.24) is 4.90 Å². The molecule has 1 atom stereocenters. The van der Waals surface area contributed by atoms with Crippen molar-refractivity contribution >= 4 is 0 Å². The molecule has 1 rings (SSSR count). The Kier molecular flexibility index (Phi) is 1.22. The van der Waals surface area contributed by atoms with E-state index in [1.807, 2.05) is 0 Å². The van der Waals surface area contributed by atoms with Crippen LogP contribution in [0.4, 0.5) is 0 Å². The first-order chi connectivity index (χ1) is 11.3. The van der Waals surface area contributed by atoms with Crippen LogP contribution in [0.3, 0.4) is 0 Å². The SMILES string of the molecule is [2H]C#CCN([C@H](C)C([2H])([2H])c1c([2H])c([2H])c([2H])c([2H])c1[2H])C([2H])([2H])[2H]. The zero-order chi connectivity index (χ0) is 19.7. The van der Waals surface area contributed by atoms with Crippen LogP contribution in [0.5, 0.6) is 0 Å². The Hall–Kier alpha value is -1.26. The third kappa shape index (κ3) is 3.24. The molecule has 0 radical (unpaired) electrons. The van der Waals surface area contributed by atoms with Crippen LogP contribution in [-0.2, 0) is 6.37 Å². The molecular formula is C13H17N. The molecule has 0 heterocycles. The van der Waals surface area contributed by atoms with Gasteiger partial charge < -0.3 is 0 Å². The smallest absolute Gasteiger partial charge is 0.124 e. The van der Waals surface area contributed by atoms with Crippen LogP contribution in [0, 0.1) is 12.3 Å². The predicted octanol–water partition coefficient (Wildman–Crippen LogP) is 2.18. The lowest BCUT2D eigenvalue weighted by atomic mass is 10.1. The summed E-state index contributed by atoms with van der Waals surface area (Å²) in [5.74, 6) is 2.24. The number of likely N-dealkylation sites (N-methyl/N-ethyl adjacent to an activating group) is 1. The molecule has 1 aromatic carbocycles. The molecule has 0 aliphatic rings.